The van der Waals surface area contributed by atoms with Crippen LogP contribution in [0.3, 0.4) is 0 Å². The van der Waals surface area contributed by atoms with Gasteiger partial charge in [-0.1, -0.05) is 38.3 Å². The Kier molecular flexibility index (Phi) is 9.31. The molecule has 0 bridgehead atoms. The number of carbonyl (C=O) groups excluding carboxylic acids is 4. The summed E-state index contributed by atoms with van der Waals surface area (Å²) >= 11 is 0. The van der Waals surface area contributed by atoms with Gasteiger partial charge in [0, 0.05) is 5.92 Å². The highest BCUT2D eigenvalue weighted by Gasteiger charge is 2.62. The second kappa shape index (κ2) is 10.9. The summed E-state index contributed by atoms with van der Waals surface area (Å²) in [6.07, 6.45) is 5.06. The fourth-order valence-corrected chi connectivity index (χ4v) is 3.63. The minimum Gasteiger partial charge on any atom is -0.469 e. The Labute approximate surface area is 165 Å². The smallest absolute Gasteiger partial charge is 0.320 e. The summed E-state index contributed by atoms with van der Waals surface area (Å²) in [5.74, 6) is -5.19. The molecule has 158 valence electrons. The van der Waals surface area contributed by atoms with Gasteiger partial charge in [0.1, 0.15) is 11.3 Å². The number of Topliss-reactive ketones (excluding diaryl/α,β-unsaturated/α-hetero) is 1. The first kappa shape index (κ1) is 23.8. The van der Waals surface area contributed by atoms with Crippen molar-refractivity contribution in [1.82, 2.24) is 0 Å². The van der Waals surface area contributed by atoms with Crippen LogP contribution in [0.4, 0.5) is 0 Å². The molecule has 1 saturated carbocycles. The van der Waals surface area contributed by atoms with Crippen LogP contribution in [0.5, 0.6) is 0 Å². The number of ether oxygens (including phenoxy) is 3. The second-order valence-electron chi connectivity index (χ2n) is 6.95. The zero-order chi connectivity index (χ0) is 21.3. The van der Waals surface area contributed by atoms with Crippen LogP contribution in [0.25, 0.3) is 0 Å². The van der Waals surface area contributed by atoms with E-state index in [9.17, 15) is 24.3 Å². The van der Waals surface area contributed by atoms with E-state index in [0.717, 1.165) is 40.6 Å². The molecule has 8 heteroatoms. The fourth-order valence-electron chi connectivity index (χ4n) is 3.63. The van der Waals surface area contributed by atoms with E-state index in [2.05, 4.69) is 16.4 Å². The summed E-state index contributed by atoms with van der Waals surface area (Å²) < 4.78 is 14.1. The number of methoxy groups -OCH3 is 3. The van der Waals surface area contributed by atoms with Gasteiger partial charge in [-0.3, -0.25) is 19.2 Å². The van der Waals surface area contributed by atoms with Gasteiger partial charge in [-0.25, -0.2) is 0 Å². The maximum Gasteiger partial charge on any atom is 0.320 e. The summed E-state index contributed by atoms with van der Waals surface area (Å²) in [6.45, 7) is 2.05. The number of allylic oxidation sites excluding steroid dienone is 1. The molecule has 0 aliphatic heterocycles. The average Bonchev–Trinajstić information content (AvgIpc) is 2.97. The van der Waals surface area contributed by atoms with Crippen LogP contribution >= 0.6 is 0 Å². The summed E-state index contributed by atoms with van der Waals surface area (Å²) in [7, 11) is 3.41. The molecule has 1 aliphatic rings. The summed E-state index contributed by atoms with van der Waals surface area (Å²) in [6, 6.07) is 0. The van der Waals surface area contributed by atoms with Crippen LogP contribution < -0.4 is 0 Å². The van der Waals surface area contributed by atoms with Crippen molar-refractivity contribution in [2.75, 3.05) is 21.3 Å². The first-order valence-corrected chi connectivity index (χ1v) is 9.42. The van der Waals surface area contributed by atoms with Gasteiger partial charge in [0.25, 0.3) is 0 Å². The molecule has 8 nitrogen and oxygen atoms in total. The Morgan fingerprint density at radius 1 is 1.18 bits per heavy atom. The molecule has 1 aliphatic carbocycles. The Bertz CT molecular complexity index is 611. The van der Waals surface area contributed by atoms with Crippen molar-refractivity contribution in [1.29, 1.82) is 0 Å². The molecule has 1 N–H and O–H groups in total. The standard InChI is InChI=1S/C20H30O8/c1-5-6-7-8-14(21)10-9-13-11-15(18(24)27-3)17(23)20(13,19(25)28-4)12-16(22)26-2/h9-10,13-15,21H,5-8,11-12H2,1-4H3/b10-9+. The van der Waals surface area contributed by atoms with Gasteiger partial charge in [0.2, 0.25) is 0 Å². The van der Waals surface area contributed by atoms with E-state index >= 15 is 0 Å². The molecule has 0 heterocycles. The molecule has 4 unspecified atom stereocenters. The molecule has 0 saturated heterocycles. The summed E-state index contributed by atoms with van der Waals surface area (Å²) in [5, 5.41) is 10.1. The van der Waals surface area contributed by atoms with Crippen LogP contribution in [0.1, 0.15) is 45.4 Å². The first-order valence-electron chi connectivity index (χ1n) is 9.42. The average molecular weight is 398 g/mol. The van der Waals surface area contributed by atoms with Gasteiger partial charge in [0.05, 0.1) is 33.9 Å². The van der Waals surface area contributed by atoms with E-state index in [0.29, 0.717) is 6.42 Å². The lowest BCUT2D eigenvalue weighted by Gasteiger charge is -2.28. The maximum atomic E-state index is 13.0. The molecule has 0 amide bonds. The Balaban J connectivity index is 3.25. The van der Waals surface area contributed by atoms with Gasteiger partial charge in [-0.15, -0.1) is 0 Å². The summed E-state index contributed by atoms with van der Waals surface area (Å²) in [4.78, 5) is 49.7. The van der Waals surface area contributed by atoms with E-state index in [1.54, 1.807) is 0 Å². The Morgan fingerprint density at radius 2 is 1.86 bits per heavy atom. The lowest BCUT2D eigenvalue weighted by atomic mass is 9.73. The molecule has 1 rings (SSSR count). The first-order chi connectivity index (χ1) is 13.3. The number of aliphatic hydroxyl groups excluding tert-OH is 1. The Morgan fingerprint density at radius 3 is 2.39 bits per heavy atom. The molecule has 28 heavy (non-hydrogen) atoms. The van der Waals surface area contributed by atoms with Crippen molar-refractivity contribution in [3.05, 3.63) is 12.2 Å². The normalized spacial score (nSPS) is 25.5. The highest BCUT2D eigenvalue weighted by Crippen LogP contribution is 2.48. The third-order valence-corrected chi connectivity index (χ3v) is 5.23. The van der Waals surface area contributed by atoms with Gasteiger partial charge in [0.15, 0.2) is 5.78 Å². The second-order valence-corrected chi connectivity index (χ2v) is 6.95. The Hall–Kier alpha value is -2.22. The van der Waals surface area contributed by atoms with Crippen LogP contribution in [-0.4, -0.2) is 56.2 Å². The maximum absolute atomic E-state index is 13.0. The van der Waals surface area contributed by atoms with Crippen molar-refractivity contribution in [3.63, 3.8) is 0 Å². The van der Waals surface area contributed by atoms with Crippen LogP contribution in [0.2, 0.25) is 0 Å². The largest absolute Gasteiger partial charge is 0.469 e. The number of esters is 3. The van der Waals surface area contributed by atoms with E-state index in [4.69, 9.17) is 4.74 Å². The van der Waals surface area contributed by atoms with Crippen molar-refractivity contribution in [2.24, 2.45) is 17.3 Å². The zero-order valence-electron chi connectivity index (χ0n) is 16.9. The number of unbranched alkanes of at least 4 members (excludes halogenated alkanes) is 2. The molecule has 0 spiro atoms. The summed E-state index contributed by atoms with van der Waals surface area (Å²) in [5.41, 5.74) is -1.89. The third kappa shape index (κ3) is 5.19. The predicted octanol–water partition coefficient (Wildman–Crippen LogP) is 1.58. The van der Waals surface area contributed by atoms with Gasteiger partial charge >= 0.3 is 17.9 Å². The molecule has 0 aromatic heterocycles. The molecule has 1 fully saturated rings. The number of rotatable bonds is 10. The molecule has 0 aromatic rings. The number of hydrogen-bond acceptors (Lipinski definition) is 8. The van der Waals surface area contributed by atoms with E-state index < -0.39 is 53.5 Å². The van der Waals surface area contributed by atoms with Crippen LogP contribution in [0.15, 0.2) is 12.2 Å². The minimum absolute atomic E-state index is 0.0181. The van der Waals surface area contributed by atoms with Crippen molar-refractivity contribution in [3.8, 4) is 0 Å². The van der Waals surface area contributed by atoms with Crippen molar-refractivity contribution < 1.29 is 38.5 Å². The quantitative estimate of drug-likeness (QED) is 0.194. The van der Waals surface area contributed by atoms with E-state index in [1.165, 1.54) is 12.2 Å². The van der Waals surface area contributed by atoms with E-state index in [-0.39, 0.29) is 6.42 Å². The van der Waals surface area contributed by atoms with Crippen molar-refractivity contribution in [2.45, 2.75) is 51.6 Å². The number of hydrogen-bond donors (Lipinski definition) is 1. The van der Waals surface area contributed by atoms with Gasteiger partial charge in [-0.2, -0.15) is 0 Å². The van der Waals surface area contributed by atoms with Crippen LogP contribution in [0, 0.1) is 17.3 Å². The molecule has 4 atom stereocenters. The minimum atomic E-state index is -1.89. The molecular weight excluding hydrogens is 368 g/mol. The van der Waals surface area contributed by atoms with Crippen molar-refractivity contribution >= 4 is 23.7 Å². The highest BCUT2D eigenvalue weighted by molar-refractivity contribution is 6.15. The molecule has 0 aromatic carbocycles. The lowest BCUT2D eigenvalue weighted by molar-refractivity contribution is -0.166. The molecule has 0 radical (unpaired) electrons. The monoisotopic (exact) mass is 398 g/mol. The molecular formula is C20H30O8. The predicted molar refractivity (Wildman–Crippen MR) is 99.0 cm³/mol. The van der Waals surface area contributed by atoms with E-state index in [1.807, 2.05) is 0 Å². The number of ketones is 1. The van der Waals surface area contributed by atoms with Crippen LogP contribution in [-0.2, 0) is 33.4 Å². The fraction of sp³-hybridized carbons (Fsp3) is 0.700. The highest BCUT2D eigenvalue weighted by atomic mass is 16.5. The lowest BCUT2D eigenvalue weighted by Crippen LogP contribution is -2.45. The van der Waals surface area contributed by atoms with Gasteiger partial charge in [-0.05, 0) is 12.8 Å². The third-order valence-electron chi connectivity index (χ3n) is 5.23. The topological polar surface area (TPSA) is 116 Å². The zero-order valence-corrected chi connectivity index (χ0v) is 16.9. The number of carbonyl (C=O) groups is 4. The SMILES string of the molecule is CCCCCC(O)/C=C/C1CC(C(=O)OC)C(=O)C1(CC(=O)OC)C(=O)OC. The van der Waals surface area contributed by atoms with Gasteiger partial charge < -0.3 is 19.3 Å². The number of aliphatic hydroxyl groups is 1.